The van der Waals surface area contributed by atoms with Crippen LogP contribution in [0.3, 0.4) is 0 Å². The van der Waals surface area contributed by atoms with Gasteiger partial charge in [0.15, 0.2) is 0 Å². The normalized spacial score (nSPS) is 23.3. The Morgan fingerprint density at radius 1 is 1.22 bits per heavy atom. The summed E-state index contributed by atoms with van der Waals surface area (Å²) in [7, 11) is -3.35. The summed E-state index contributed by atoms with van der Waals surface area (Å²) in [5.41, 5.74) is 1.06. The van der Waals surface area contributed by atoms with Crippen molar-refractivity contribution in [2.75, 3.05) is 30.7 Å². The Morgan fingerprint density at radius 2 is 1.89 bits per heavy atom. The Balaban J connectivity index is 1.72. The maximum absolute atomic E-state index is 12.4. The summed E-state index contributed by atoms with van der Waals surface area (Å²) in [6.45, 7) is 1.02. The molecule has 8 heteroatoms. The molecule has 2 aliphatic rings. The minimum atomic E-state index is -3.35. The van der Waals surface area contributed by atoms with Crippen LogP contribution in [0, 0.1) is 5.92 Å². The van der Waals surface area contributed by atoms with Crippen molar-refractivity contribution in [2.24, 2.45) is 5.92 Å². The van der Waals surface area contributed by atoms with Crippen molar-refractivity contribution in [3.8, 4) is 0 Å². The molecule has 1 aliphatic carbocycles. The molecule has 1 aromatic rings. The van der Waals surface area contributed by atoms with Crippen LogP contribution in [-0.2, 0) is 19.6 Å². The second-order valence-electron chi connectivity index (χ2n) is 7.57. The summed E-state index contributed by atoms with van der Waals surface area (Å²) < 4.78 is 30.4. The topological polar surface area (TPSA) is 95.9 Å². The lowest BCUT2D eigenvalue weighted by Gasteiger charge is -2.40. The number of morpholine rings is 1. The van der Waals surface area contributed by atoms with Crippen molar-refractivity contribution in [1.82, 2.24) is 4.90 Å². The number of carbonyl (C=O) groups excluding carboxylic acids is 1. The molecule has 1 aromatic carbocycles. The van der Waals surface area contributed by atoms with Crippen molar-refractivity contribution in [3.63, 3.8) is 0 Å². The van der Waals surface area contributed by atoms with Crippen LogP contribution in [0.25, 0.3) is 0 Å². The van der Waals surface area contributed by atoms with Gasteiger partial charge in [-0.05, 0) is 36.5 Å². The SMILES string of the molecule is CS(=O)(=O)Nc1ccc([C@@H](O)[C@H]2COCC(=O)N2CC2CCCCC2)cc1. The van der Waals surface area contributed by atoms with E-state index in [4.69, 9.17) is 4.74 Å². The number of anilines is 1. The molecule has 1 heterocycles. The van der Waals surface area contributed by atoms with Crippen molar-refractivity contribution in [3.05, 3.63) is 29.8 Å². The minimum Gasteiger partial charge on any atom is -0.386 e. The lowest BCUT2D eigenvalue weighted by atomic mass is 9.88. The molecule has 1 amide bonds. The van der Waals surface area contributed by atoms with Gasteiger partial charge in [0.2, 0.25) is 15.9 Å². The molecule has 0 radical (unpaired) electrons. The Bertz CT molecular complexity index is 744. The first-order valence-corrected chi connectivity index (χ1v) is 11.4. The highest BCUT2D eigenvalue weighted by atomic mass is 32.2. The van der Waals surface area contributed by atoms with E-state index in [1.54, 1.807) is 29.2 Å². The van der Waals surface area contributed by atoms with E-state index >= 15 is 0 Å². The molecule has 0 spiro atoms. The minimum absolute atomic E-state index is 0.0627. The number of hydrogen-bond donors (Lipinski definition) is 2. The Labute approximate surface area is 160 Å². The van der Waals surface area contributed by atoms with Crippen LogP contribution in [0.1, 0.15) is 43.8 Å². The van der Waals surface area contributed by atoms with E-state index in [0.717, 1.165) is 19.1 Å². The molecule has 1 saturated carbocycles. The van der Waals surface area contributed by atoms with E-state index < -0.39 is 22.2 Å². The standard InChI is InChI=1S/C19H28N2O5S/c1-27(24,25)20-16-9-7-15(8-10-16)19(23)17-12-26-13-18(22)21(17)11-14-5-3-2-4-6-14/h7-10,14,17,19-20,23H,2-6,11-13H2,1H3/t17-,19-/m1/s1. The Kier molecular flexibility index (Phi) is 6.39. The lowest BCUT2D eigenvalue weighted by Crippen LogP contribution is -2.53. The van der Waals surface area contributed by atoms with Gasteiger partial charge in [-0.1, -0.05) is 31.4 Å². The quantitative estimate of drug-likeness (QED) is 0.766. The zero-order valence-electron chi connectivity index (χ0n) is 15.6. The van der Waals surface area contributed by atoms with Gasteiger partial charge in [0.25, 0.3) is 0 Å². The number of benzene rings is 1. The third-order valence-electron chi connectivity index (χ3n) is 5.33. The van der Waals surface area contributed by atoms with Crippen LogP contribution in [0.15, 0.2) is 24.3 Å². The number of hydrogen-bond acceptors (Lipinski definition) is 5. The summed E-state index contributed by atoms with van der Waals surface area (Å²) in [4.78, 5) is 14.2. The number of amides is 1. The average Bonchev–Trinajstić information content (AvgIpc) is 2.63. The molecule has 2 atom stereocenters. The summed E-state index contributed by atoms with van der Waals surface area (Å²) in [6.07, 6.45) is 6.11. The number of carbonyl (C=O) groups is 1. The molecule has 1 saturated heterocycles. The number of sulfonamides is 1. The number of aliphatic hydroxyl groups excluding tert-OH is 1. The summed E-state index contributed by atoms with van der Waals surface area (Å²) in [6, 6.07) is 6.14. The molecular weight excluding hydrogens is 368 g/mol. The maximum Gasteiger partial charge on any atom is 0.249 e. The fourth-order valence-corrected chi connectivity index (χ4v) is 4.52. The second-order valence-corrected chi connectivity index (χ2v) is 9.32. The van der Waals surface area contributed by atoms with Crippen LogP contribution in [0.4, 0.5) is 5.69 Å². The van der Waals surface area contributed by atoms with Crippen LogP contribution in [-0.4, -0.2) is 56.4 Å². The van der Waals surface area contributed by atoms with Gasteiger partial charge in [-0.25, -0.2) is 8.42 Å². The molecule has 0 unspecified atom stereocenters. The molecule has 2 fully saturated rings. The first-order valence-electron chi connectivity index (χ1n) is 9.46. The number of ether oxygens (including phenoxy) is 1. The summed E-state index contributed by atoms with van der Waals surface area (Å²) in [5.74, 6) is 0.406. The van der Waals surface area contributed by atoms with Gasteiger partial charge in [0.05, 0.1) is 18.9 Å². The highest BCUT2D eigenvalue weighted by Crippen LogP contribution is 2.30. The third-order valence-corrected chi connectivity index (χ3v) is 5.94. The lowest BCUT2D eigenvalue weighted by molar-refractivity contribution is -0.155. The van der Waals surface area contributed by atoms with E-state index in [-0.39, 0.29) is 12.5 Å². The Morgan fingerprint density at radius 3 is 2.52 bits per heavy atom. The molecule has 3 rings (SSSR count). The third kappa shape index (κ3) is 5.43. The van der Waals surface area contributed by atoms with Gasteiger partial charge < -0.3 is 14.7 Å². The molecule has 27 heavy (non-hydrogen) atoms. The van der Waals surface area contributed by atoms with Crippen LogP contribution in [0.5, 0.6) is 0 Å². The van der Waals surface area contributed by atoms with Crippen LogP contribution >= 0.6 is 0 Å². The van der Waals surface area contributed by atoms with Gasteiger partial charge in [-0.2, -0.15) is 0 Å². The smallest absolute Gasteiger partial charge is 0.249 e. The van der Waals surface area contributed by atoms with E-state index in [9.17, 15) is 18.3 Å². The van der Waals surface area contributed by atoms with Crippen molar-refractivity contribution in [1.29, 1.82) is 0 Å². The molecule has 1 aliphatic heterocycles. The molecule has 2 N–H and O–H groups in total. The van der Waals surface area contributed by atoms with Gasteiger partial charge in [0, 0.05) is 12.2 Å². The largest absolute Gasteiger partial charge is 0.386 e. The van der Waals surface area contributed by atoms with Gasteiger partial charge in [-0.3, -0.25) is 9.52 Å². The van der Waals surface area contributed by atoms with E-state index in [2.05, 4.69) is 4.72 Å². The van der Waals surface area contributed by atoms with Crippen molar-refractivity contribution in [2.45, 2.75) is 44.2 Å². The summed E-state index contributed by atoms with van der Waals surface area (Å²) in [5, 5.41) is 10.9. The summed E-state index contributed by atoms with van der Waals surface area (Å²) >= 11 is 0. The zero-order valence-corrected chi connectivity index (χ0v) is 16.5. The Hall–Kier alpha value is -1.64. The first-order chi connectivity index (χ1) is 12.8. The van der Waals surface area contributed by atoms with Crippen LogP contribution < -0.4 is 4.72 Å². The van der Waals surface area contributed by atoms with Crippen molar-refractivity contribution >= 4 is 21.6 Å². The van der Waals surface area contributed by atoms with Gasteiger partial charge >= 0.3 is 0 Å². The molecular formula is C19H28N2O5S. The molecule has 0 bridgehead atoms. The van der Waals surface area contributed by atoms with Gasteiger partial charge in [0.1, 0.15) is 12.7 Å². The first kappa shape index (κ1) is 20.1. The van der Waals surface area contributed by atoms with Crippen LogP contribution in [0.2, 0.25) is 0 Å². The number of rotatable bonds is 6. The molecule has 150 valence electrons. The fraction of sp³-hybridized carbons (Fsp3) is 0.632. The van der Waals surface area contributed by atoms with Gasteiger partial charge in [-0.15, -0.1) is 0 Å². The fourth-order valence-electron chi connectivity index (χ4n) is 3.96. The van der Waals surface area contributed by atoms with E-state index in [0.29, 0.717) is 30.3 Å². The average molecular weight is 397 g/mol. The molecule has 0 aromatic heterocycles. The predicted molar refractivity (Wildman–Crippen MR) is 103 cm³/mol. The van der Waals surface area contributed by atoms with Crippen molar-refractivity contribution < 1.29 is 23.1 Å². The van der Waals surface area contributed by atoms with E-state index in [1.165, 1.54) is 19.3 Å². The maximum atomic E-state index is 12.4. The number of nitrogens with zero attached hydrogens (tertiary/aromatic N) is 1. The zero-order chi connectivity index (χ0) is 19.4. The number of nitrogens with one attached hydrogen (secondary N) is 1. The highest BCUT2D eigenvalue weighted by Gasteiger charge is 2.36. The predicted octanol–water partition coefficient (Wildman–Crippen LogP) is 1.90. The monoisotopic (exact) mass is 396 g/mol. The number of aliphatic hydroxyl groups is 1. The van der Waals surface area contributed by atoms with E-state index in [1.807, 2.05) is 0 Å². The highest BCUT2D eigenvalue weighted by molar-refractivity contribution is 7.92. The molecule has 7 nitrogen and oxygen atoms in total. The second kappa shape index (κ2) is 8.58.